The zero-order chi connectivity index (χ0) is 11.7. The summed E-state index contributed by atoms with van der Waals surface area (Å²) in [6.07, 6.45) is 8.19. The van der Waals surface area contributed by atoms with Crippen molar-refractivity contribution in [1.29, 1.82) is 0 Å². The van der Waals surface area contributed by atoms with E-state index in [1.54, 1.807) is 0 Å². The van der Waals surface area contributed by atoms with Gasteiger partial charge in [0.15, 0.2) is 0 Å². The van der Waals surface area contributed by atoms with Gasteiger partial charge < -0.3 is 10.1 Å². The number of ether oxygens (including phenoxy) is 1. The highest BCUT2D eigenvalue weighted by Gasteiger charge is 2.44. The van der Waals surface area contributed by atoms with Crippen LogP contribution in [0, 0.1) is 11.8 Å². The van der Waals surface area contributed by atoms with E-state index < -0.39 is 0 Å². The summed E-state index contributed by atoms with van der Waals surface area (Å²) in [4.78, 5) is 0. The fraction of sp³-hybridized carbons (Fsp3) is 1.00. The lowest BCUT2D eigenvalue weighted by atomic mass is 9.76. The highest BCUT2D eigenvalue weighted by molar-refractivity contribution is 7.99. The van der Waals surface area contributed by atoms with Crippen molar-refractivity contribution in [2.75, 3.05) is 25.2 Å². The van der Waals surface area contributed by atoms with Gasteiger partial charge in [0.2, 0.25) is 0 Å². The highest BCUT2D eigenvalue weighted by Crippen LogP contribution is 2.45. The summed E-state index contributed by atoms with van der Waals surface area (Å²) in [5, 5.41) is 3.54. The molecule has 1 N–H and O–H groups in total. The first-order chi connectivity index (χ1) is 8.33. The van der Waals surface area contributed by atoms with E-state index in [2.05, 4.69) is 24.1 Å². The Hall–Kier alpha value is 0.270. The standard InChI is InChI=1S/C14H25NOS/c1-15-13-4-2-3-12(13)11-5-7-16-14(9-11)6-8-17-10-14/h11-13,15H,2-10H2,1H3. The Balaban J connectivity index is 1.67. The fourth-order valence-corrected chi connectivity index (χ4v) is 5.58. The van der Waals surface area contributed by atoms with Crippen LogP contribution in [0.5, 0.6) is 0 Å². The molecule has 4 atom stereocenters. The smallest absolute Gasteiger partial charge is 0.0783 e. The van der Waals surface area contributed by atoms with Gasteiger partial charge in [-0.15, -0.1) is 0 Å². The van der Waals surface area contributed by atoms with Crippen LogP contribution in [0.2, 0.25) is 0 Å². The summed E-state index contributed by atoms with van der Waals surface area (Å²) in [7, 11) is 2.14. The van der Waals surface area contributed by atoms with Gasteiger partial charge in [0, 0.05) is 18.4 Å². The molecule has 17 heavy (non-hydrogen) atoms. The molecule has 0 aromatic rings. The Morgan fingerprint density at radius 1 is 1.29 bits per heavy atom. The first-order valence-corrected chi connectivity index (χ1v) is 8.37. The third-order valence-electron chi connectivity index (χ3n) is 5.14. The van der Waals surface area contributed by atoms with E-state index >= 15 is 0 Å². The zero-order valence-corrected chi connectivity index (χ0v) is 11.7. The second-order valence-electron chi connectivity index (χ2n) is 6.08. The minimum absolute atomic E-state index is 0.272. The van der Waals surface area contributed by atoms with Crippen LogP contribution in [0.3, 0.4) is 0 Å². The van der Waals surface area contributed by atoms with Crippen molar-refractivity contribution in [2.45, 2.75) is 50.2 Å². The number of hydrogen-bond donors (Lipinski definition) is 1. The quantitative estimate of drug-likeness (QED) is 0.820. The van der Waals surface area contributed by atoms with Crippen molar-refractivity contribution in [3.63, 3.8) is 0 Å². The molecule has 3 fully saturated rings. The molecule has 2 heterocycles. The third-order valence-corrected chi connectivity index (χ3v) is 6.37. The van der Waals surface area contributed by atoms with Crippen LogP contribution in [0.1, 0.15) is 38.5 Å². The number of rotatable bonds is 2. The Kier molecular flexibility index (Phi) is 3.69. The largest absolute Gasteiger partial charge is 0.374 e. The van der Waals surface area contributed by atoms with Crippen LogP contribution in [0.15, 0.2) is 0 Å². The molecule has 0 aromatic heterocycles. The van der Waals surface area contributed by atoms with E-state index in [0.717, 1.165) is 24.5 Å². The molecule has 1 spiro atoms. The average molecular weight is 255 g/mol. The van der Waals surface area contributed by atoms with Crippen LogP contribution < -0.4 is 5.32 Å². The molecule has 0 bridgehead atoms. The predicted molar refractivity (Wildman–Crippen MR) is 73.5 cm³/mol. The number of hydrogen-bond acceptors (Lipinski definition) is 3. The fourth-order valence-electron chi connectivity index (χ4n) is 4.21. The summed E-state index contributed by atoms with van der Waals surface area (Å²) in [6, 6.07) is 0.782. The summed E-state index contributed by atoms with van der Waals surface area (Å²) in [5.74, 6) is 4.40. The van der Waals surface area contributed by atoms with Crippen molar-refractivity contribution in [3.05, 3.63) is 0 Å². The molecule has 3 aliphatic rings. The van der Waals surface area contributed by atoms with Gasteiger partial charge in [-0.25, -0.2) is 0 Å². The molecule has 98 valence electrons. The summed E-state index contributed by atoms with van der Waals surface area (Å²) >= 11 is 2.09. The molecule has 1 saturated carbocycles. The van der Waals surface area contributed by atoms with E-state index in [4.69, 9.17) is 4.74 Å². The van der Waals surface area contributed by atoms with E-state index in [1.807, 2.05) is 0 Å². The summed E-state index contributed by atoms with van der Waals surface area (Å²) < 4.78 is 6.14. The first-order valence-electron chi connectivity index (χ1n) is 7.22. The van der Waals surface area contributed by atoms with Crippen LogP contribution in [0.25, 0.3) is 0 Å². The van der Waals surface area contributed by atoms with E-state index in [1.165, 1.54) is 50.0 Å². The van der Waals surface area contributed by atoms with Crippen molar-refractivity contribution in [1.82, 2.24) is 5.32 Å². The first kappa shape index (κ1) is 12.3. The summed E-state index contributed by atoms with van der Waals surface area (Å²) in [5.41, 5.74) is 0.272. The second-order valence-corrected chi connectivity index (χ2v) is 7.18. The Bertz CT molecular complexity index is 265. The van der Waals surface area contributed by atoms with Crippen molar-refractivity contribution in [2.24, 2.45) is 11.8 Å². The Labute approximate surface area is 109 Å². The van der Waals surface area contributed by atoms with Crippen LogP contribution >= 0.6 is 11.8 Å². The van der Waals surface area contributed by atoms with E-state index in [9.17, 15) is 0 Å². The molecule has 4 unspecified atom stereocenters. The molecule has 3 rings (SSSR count). The van der Waals surface area contributed by atoms with Crippen molar-refractivity contribution in [3.8, 4) is 0 Å². The van der Waals surface area contributed by atoms with Gasteiger partial charge >= 0.3 is 0 Å². The van der Waals surface area contributed by atoms with Crippen LogP contribution in [-0.4, -0.2) is 36.8 Å². The lowest BCUT2D eigenvalue weighted by molar-refractivity contribution is -0.0902. The molecular weight excluding hydrogens is 230 g/mol. The molecular formula is C14H25NOS. The van der Waals surface area contributed by atoms with Gasteiger partial charge in [0.05, 0.1) is 5.60 Å². The Morgan fingerprint density at radius 3 is 3.00 bits per heavy atom. The minimum Gasteiger partial charge on any atom is -0.374 e. The minimum atomic E-state index is 0.272. The van der Waals surface area contributed by atoms with Gasteiger partial charge in [0.25, 0.3) is 0 Å². The molecule has 0 amide bonds. The molecule has 0 aromatic carbocycles. The second kappa shape index (κ2) is 5.10. The van der Waals surface area contributed by atoms with E-state index in [0.29, 0.717) is 0 Å². The average Bonchev–Trinajstić information content (AvgIpc) is 2.98. The molecule has 2 nitrogen and oxygen atoms in total. The highest BCUT2D eigenvalue weighted by atomic mass is 32.2. The van der Waals surface area contributed by atoms with Crippen LogP contribution in [-0.2, 0) is 4.74 Å². The number of nitrogens with one attached hydrogen (secondary N) is 1. The number of thioether (sulfide) groups is 1. The van der Waals surface area contributed by atoms with Crippen molar-refractivity contribution < 1.29 is 4.74 Å². The lowest BCUT2D eigenvalue weighted by Gasteiger charge is -2.41. The maximum absolute atomic E-state index is 6.14. The van der Waals surface area contributed by atoms with Gasteiger partial charge in [-0.05, 0) is 56.7 Å². The van der Waals surface area contributed by atoms with Crippen molar-refractivity contribution >= 4 is 11.8 Å². The molecule has 2 aliphatic heterocycles. The lowest BCUT2D eigenvalue weighted by Crippen LogP contribution is -2.44. The van der Waals surface area contributed by atoms with Gasteiger partial charge in [-0.1, -0.05) is 6.42 Å². The van der Waals surface area contributed by atoms with Gasteiger partial charge in [0.1, 0.15) is 0 Å². The maximum Gasteiger partial charge on any atom is 0.0783 e. The third kappa shape index (κ3) is 2.39. The summed E-state index contributed by atoms with van der Waals surface area (Å²) in [6.45, 7) is 1.01. The molecule has 0 radical (unpaired) electrons. The zero-order valence-electron chi connectivity index (χ0n) is 10.9. The molecule has 3 heteroatoms. The topological polar surface area (TPSA) is 21.3 Å². The monoisotopic (exact) mass is 255 g/mol. The van der Waals surface area contributed by atoms with Gasteiger partial charge in [-0.2, -0.15) is 11.8 Å². The Morgan fingerprint density at radius 2 is 2.24 bits per heavy atom. The molecule has 2 saturated heterocycles. The SMILES string of the molecule is CNC1CCCC1C1CCOC2(CCSC2)C1. The molecule has 1 aliphatic carbocycles. The van der Waals surface area contributed by atoms with Gasteiger partial charge in [-0.3, -0.25) is 0 Å². The normalized spacial score (nSPS) is 46.8. The maximum atomic E-state index is 6.14. The predicted octanol–water partition coefficient (Wildman–Crippen LogP) is 2.68. The van der Waals surface area contributed by atoms with E-state index in [-0.39, 0.29) is 5.60 Å². The van der Waals surface area contributed by atoms with Crippen LogP contribution in [0.4, 0.5) is 0 Å².